The Balaban J connectivity index is 0.888. The lowest BCUT2D eigenvalue weighted by molar-refractivity contribution is 0.617. The lowest BCUT2D eigenvalue weighted by Crippen LogP contribution is -2.20. The van der Waals surface area contributed by atoms with Gasteiger partial charge in [-0.15, -0.1) is 0 Å². The predicted molar refractivity (Wildman–Crippen MR) is 267 cm³/mol. The van der Waals surface area contributed by atoms with Crippen molar-refractivity contribution >= 4 is 55.7 Å². The summed E-state index contributed by atoms with van der Waals surface area (Å²) in [6, 6.07) is 74.5. The summed E-state index contributed by atoms with van der Waals surface area (Å²) in [5.41, 5.74) is 17.4. The standard InChI is InChI=1S/C60H46N4/c1-59(2)53-37-44(41-24-25-43-36-48(30-27-42(43)34-41)63(45-18-8-5-9-19-45)46-20-10-6-11-21-46)28-32-51(53)55-57(59)62-56-52-33-31-50(38-54(52)60(3,4)58(56)61-55)64(47-22-12-7-13-23-47)49-29-26-39-16-14-15-17-40(39)35-49/h5-38H,1-4H3. The van der Waals surface area contributed by atoms with Gasteiger partial charge < -0.3 is 9.80 Å². The van der Waals surface area contributed by atoms with E-state index in [1.165, 1.54) is 49.4 Å². The maximum absolute atomic E-state index is 5.59. The van der Waals surface area contributed by atoms with E-state index in [4.69, 9.17) is 9.97 Å². The van der Waals surface area contributed by atoms with Gasteiger partial charge >= 0.3 is 0 Å². The van der Waals surface area contributed by atoms with Crippen LogP contribution < -0.4 is 9.80 Å². The topological polar surface area (TPSA) is 32.3 Å². The second kappa shape index (κ2) is 14.4. The van der Waals surface area contributed by atoms with Crippen LogP contribution in [0.4, 0.5) is 34.1 Å². The molecular weight excluding hydrogens is 777 g/mol. The van der Waals surface area contributed by atoms with E-state index in [-0.39, 0.29) is 10.8 Å². The summed E-state index contributed by atoms with van der Waals surface area (Å²) in [6.07, 6.45) is 0. The molecule has 64 heavy (non-hydrogen) atoms. The molecule has 0 saturated carbocycles. The van der Waals surface area contributed by atoms with Crippen molar-refractivity contribution in [2.75, 3.05) is 9.80 Å². The largest absolute Gasteiger partial charge is 0.310 e. The second-order valence-corrected chi connectivity index (χ2v) is 18.3. The van der Waals surface area contributed by atoms with Crippen molar-refractivity contribution in [1.82, 2.24) is 9.97 Å². The van der Waals surface area contributed by atoms with Gasteiger partial charge in [0.2, 0.25) is 0 Å². The molecule has 0 unspecified atom stereocenters. The molecule has 0 amide bonds. The number of rotatable bonds is 7. The fraction of sp³-hybridized carbons (Fsp3) is 0.100. The fourth-order valence-corrected chi connectivity index (χ4v) is 10.3. The van der Waals surface area contributed by atoms with E-state index >= 15 is 0 Å². The van der Waals surface area contributed by atoms with Crippen LogP contribution in [0.2, 0.25) is 0 Å². The van der Waals surface area contributed by atoms with E-state index in [0.717, 1.165) is 62.5 Å². The summed E-state index contributed by atoms with van der Waals surface area (Å²) in [4.78, 5) is 15.9. The number of fused-ring (bicyclic) bond motifs is 8. The van der Waals surface area contributed by atoms with E-state index in [9.17, 15) is 0 Å². The Bertz CT molecular complexity index is 3410. The minimum atomic E-state index is -0.356. The Morgan fingerprint density at radius 2 is 0.688 bits per heavy atom. The quantitative estimate of drug-likeness (QED) is 0.160. The van der Waals surface area contributed by atoms with Gasteiger partial charge in [-0.1, -0.05) is 149 Å². The summed E-state index contributed by atoms with van der Waals surface area (Å²) in [7, 11) is 0. The van der Waals surface area contributed by atoms with Gasteiger partial charge in [0.15, 0.2) is 0 Å². The van der Waals surface area contributed by atoms with Gasteiger partial charge in [0.05, 0.1) is 22.8 Å². The maximum Gasteiger partial charge on any atom is 0.0933 e. The van der Waals surface area contributed by atoms with Crippen LogP contribution in [0.15, 0.2) is 206 Å². The highest BCUT2D eigenvalue weighted by molar-refractivity contribution is 5.94. The van der Waals surface area contributed by atoms with Crippen LogP contribution in [0.1, 0.15) is 50.2 Å². The molecule has 4 heteroatoms. The van der Waals surface area contributed by atoms with Crippen LogP contribution in [-0.2, 0) is 10.8 Å². The highest BCUT2D eigenvalue weighted by Gasteiger charge is 2.45. The third kappa shape index (κ3) is 5.97. The summed E-state index contributed by atoms with van der Waals surface area (Å²) in [6.45, 7) is 9.22. The molecule has 1 aromatic heterocycles. The molecule has 0 fully saturated rings. The number of hydrogen-bond donors (Lipinski definition) is 0. The van der Waals surface area contributed by atoms with E-state index in [1.54, 1.807) is 0 Å². The first-order chi connectivity index (χ1) is 31.2. The molecule has 12 rings (SSSR count). The van der Waals surface area contributed by atoms with Crippen molar-refractivity contribution in [2.24, 2.45) is 0 Å². The number of hydrogen-bond acceptors (Lipinski definition) is 4. The number of para-hydroxylation sites is 3. The van der Waals surface area contributed by atoms with Crippen LogP contribution in [0, 0.1) is 0 Å². The van der Waals surface area contributed by atoms with Gasteiger partial charge in [-0.2, -0.15) is 0 Å². The lowest BCUT2D eigenvalue weighted by atomic mass is 9.83. The van der Waals surface area contributed by atoms with Gasteiger partial charge in [0.1, 0.15) is 0 Å². The van der Waals surface area contributed by atoms with Crippen LogP contribution >= 0.6 is 0 Å². The van der Waals surface area contributed by atoms with Crippen molar-refractivity contribution in [3.05, 3.63) is 229 Å². The Morgan fingerprint density at radius 3 is 1.27 bits per heavy atom. The van der Waals surface area contributed by atoms with Gasteiger partial charge in [0, 0.05) is 56.1 Å². The zero-order valence-electron chi connectivity index (χ0n) is 36.4. The minimum absolute atomic E-state index is 0.334. The zero-order chi connectivity index (χ0) is 43.2. The Morgan fingerprint density at radius 1 is 0.312 bits per heavy atom. The van der Waals surface area contributed by atoms with Crippen molar-refractivity contribution in [1.29, 1.82) is 0 Å². The van der Waals surface area contributed by atoms with Crippen molar-refractivity contribution in [3.8, 4) is 33.6 Å². The first-order valence-electron chi connectivity index (χ1n) is 22.2. The lowest BCUT2D eigenvalue weighted by Gasteiger charge is -2.28. The molecule has 2 aliphatic rings. The first-order valence-corrected chi connectivity index (χ1v) is 22.2. The van der Waals surface area contributed by atoms with Gasteiger partial charge in [-0.25, -0.2) is 9.97 Å². The summed E-state index contributed by atoms with van der Waals surface area (Å²) < 4.78 is 0. The molecule has 0 bridgehead atoms. The number of anilines is 6. The monoisotopic (exact) mass is 822 g/mol. The van der Waals surface area contributed by atoms with Crippen LogP contribution in [0.3, 0.4) is 0 Å². The first kappa shape index (κ1) is 37.9. The molecule has 0 atom stereocenters. The third-order valence-corrected chi connectivity index (χ3v) is 13.7. The number of nitrogens with zero attached hydrogens (tertiary/aromatic N) is 4. The summed E-state index contributed by atoms with van der Waals surface area (Å²) in [5.74, 6) is 0. The van der Waals surface area contributed by atoms with Gasteiger partial charge in [-0.05, 0) is 129 Å². The normalized spacial score (nSPS) is 13.9. The molecule has 2 aliphatic carbocycles. The van der Waals surface area contributed by atoms with Gasteiger partial charge in [0.25, 0.3) is 0 Å². The Hall–Kier alpha value is -7.82. The molecule has 0 N–H and O–H groups in total. The highest BCUT2D eigenvalue weighted by Crippen LogP contribution is 2.54. The number of benzene rings is 9. The summed E-state index contributed by atoms with van der Waals surface area (Å²) in [5, 5.41) is 4.85. The van der Waals surface area contributed by atoms with Crippen LogP contribution in [0.5, 0.6) is 0 Å². The average Bonchev–Trinajstić information content (AvgIpc) is 3.69. The molecular formula is C60H46N4. The summed E-state index contributed by atoms with van der Waals surface area (Å²) >= 11 is 0. The molecule has 0 spiro atoms. The van der Waals surface area contributed by atoms with Crippen molar-refractivity contribution in [3.63, 3.8) is 0 Å². The zero-order valence-corrected chi connectivity index (χ0v) is 36.4. The molecule has 10 aromatic rings. The molecule has 0 aliphatic heterocycles. The molecule has 4 nitrogen and oxygen atoms in total. The SMILES string of the molecule is CC1(C)c2cc(-c3ccc4cc(N(c5ccccc5)c5ccccc5)ccc4c3)ccc2-c2nc3c(nc21)-c1ccc(N(c2ccccc2)c2ccc4ccccc4c2)cc1C3(C)C. The fourth-order valence-electron chi connectivity index (χ4n) is 10.3. The van der Waals surface area contributed by atoms with E-state index in [0.29, 0.717) is 0 Å². The minimum Gasteiger partial charge on any atom is -0.310 e. The highest BCUT2D eigenvalue weighted by atomic mass is 15.1. The second-order valence-electron chi connectivity index (χ2n) is 18.3. The van der Waals surface area contributed by atoms with Gasteiger partial charge in [-0.3, -0.25) is 0 Å². The van der Waals surface area contributed by atoms with Crippen molar-refractivity contribution in [2.45, 2.75) is 38.5 Å². The third-order valence-electron chi connectivity index (χ3n) is 13.7. The van der Waals surface area contributed by atoms with Crippen molar-refractivity contribution < 1.29 is 0 Å². The van der Waals surface area contributed by atoms with E-state index in [2.05, 4.69) is 244 Å². The molecule has 9 aromatic carbocycles. The molecule has 0 saturated heterocycles. The predicted octanol–water partition coefficient (Wildman–Crippen LogP) is 16.0. The van der Waals surface area contributed by atoms with Crippen LogP contribution in [-0.4, -0.2) is 9.97 Å². The molecule has 1 heterocycles. The Labute approximate surface area is 374 Å². The maximum atomic E-state index is 5.59. The van der Waals surface area contributed by atoms with E-state index < -0.39 is 0 Å². The molecule has 306 valence electrons. The molecule has 0 radical (unpaired) electrons. The average molecular weight is 823 g/mol. The Kier molecular flexibility index (Phi) is 8.51. The van der Waals surface area contributed by atoms with E-state index in [1.807, 2.05) is 0 Å². The van der Waals surface area contributed by atoms with Crippen LogP contribution in [0.25, 0.3) is 55.2 Å². The smallest absolute Gasteiger partial charge is 0.0933 e. The number of aromatic nitrogens is 2.